The Bertz CT molecular complexity index is 1490. The highest BCUT2D eigenvalue weighted by molar-refractivity contribution is 7.90. The highest BCUT2D eigenvalue weighted by Gasteiger charge is 2.19. The van der Waals surface area contributed by atoms with Crippen LogP contribution in [-0.4, -0.2) is 23.9 Å². The Labute approximate surface area is 176 Å². The molecule has 0 saturated carbocycles. The summed E-state index contributed by atoms with van der Waals surface area (Å²) in [4.78, 5) is 38.8. The second-order valence-corrected chi connectivity index (χ2v) is 8.46. The monoisotopic (exact) mass is 435 g/mol. The molecule has 0 unspecified atom stereocenters. The van der Waals surface area contributed by atoms with Gasteiger partial charge in [0.15, 0.2) is 0 Å². The van der Waals surface area contributed by atoms with Crippen molar-refractivity contribution in [3.05, 3.63) is 99.6 Å². The third-order valence-corrected chi connectivity index (χ3v) is 6.09. The van der Waals surface area contributed by atoms with Crippen molar-refractivity contribution in [2.24, 2.45) is 0 Å². The summed E-state index contributed by atoms with van der Waals surface area (Å²) >= 11 is 0. The van der Waals surface area contributed by atoms with E-state index in [1.54, 1.807) is 36.4 Å². The first kappa shape index (κ1) is 20.3. The molecule has 0 radical (unpaired) electrons. The van der Waals surface area contributed by atoms with Gasteiger partial charge < -0.3 is 4.98 Å². The van der Waals surface area contributed by atoms with Crippen LogP contribution in [0.2, 0.25) is 0 Å². The lowest BCUT2D eigenvalue weighted by Gasteiger charge is -2.11. The van der Waals surface area contributed by atoms with Crippen LogP contribution >= 0.6 is 0 Å². The van der Waals surface area contributed by atoms with Crippen molar-refractivity contribution in [2.45, 2.75) is 11.4 Å². The maximum Gasteiger partial charge on any atom is 0.317 e. The van der Waals surface area contributed by atoms with Gasteiger partial charge in [0.1, 0.15) is 6.54 Å². The SMILES string of the molecule is O=C(Cn1c(=O)c(=O)[nH]c2ccccc21)NS(=O)(=O)c1ccc(-c2ccccc2)cc1. The van der Waals surface area contributed by atoms with E-state index in [0.717, 1.165) is 15.7 Å². The van der Waals surface area contributed by atoms with Crippen molar-refractivity contribution in [1.82, 2.24) is 14.3 Å². The number of aromatic nitrogens is 2. The number of H-pyrrole nitrogens is 1. The minimum Gasteiger partial charge on any atom is -0.316 e. The van der Waals surface area contributed by atoms with Crippen LogP contribution in [0.25, 0.3) is 22.2 Å². The van der Waals surface area contributed by atoms with E-state index in [1.807, 2.05) is 35.1 Å². The topological polar surface area (TPSA) is 118 Å². The maximum absolute atomic E-state index is 12.6. The van der Waals surface area contributed by atoms with E-state index in [9.17, 15) is 22.8 Å². The molecule has 0 saturated heterocycles. The Balaban J connectivity index is 1.58. The first-order valence-electron chi connectivity index (χ1n) is 9.28. The maximum atomic E-state index is 12.6. The number of aromatic amines is 1. The number of nitrogens with one attached hydrogen (secondary N) is 2. The first-order valence-corrected chi connectivity index (χ1v) is 10.8. The summed E-state index contributed by atoms with van der Waals surface area (Å²) in [7, 11) is -4.16. The van der Waals surface area contributed by atoms with Crippen molar-refractivity contribution < 1.29 is 13.2 Å². The van der Waals surface area contributed by atoms with Gasteiger partial charge in [-0.15, -0.1) is 0 Å². The van der Waals surface area contributed by atoms with Gasteiger partial charge in [-0.3, -0.25) is 19.0 Å². The lowest BCUT2D eigenvalue weighted by atomic mass is 10.1. The molecule has 0 bridgehead atoms. The average molecular weight is 435 g/mol. The van der Waals surface area contributed by atoms with Crippen molar-refractivity contribution in [1.29, 1.82) is 0 Å². The van der Waals surface area contributed by atoms with Gasteiger partial charge in [0.25, 0.3) is 15.9 Å². The predicted octanol–water partition coefficient (Wildman–Crippen LogP) is 1.86. The van der Waals surface area contributed by atoms with Crippen LogP contribution in [0.5, 0.6) is 0 Å². The van der Waals surface area contributed by atoms with E-state index in [2.05, 4.69) is 4.98 Å². The fraction of sp³-hybridized carbons (Fsp3) is 0.0455. The number of fused-ring (bicyclic) bond motifs is 1. The van der Waals surface area contributed by atoms with Gasteiger partial charge in [0.05, 0.1) is 15.9 Å². The molecular weight excluding hydrogens is 418 g/mol. The van der Waals surface area contributed by atoms with Crippen LogP contribution < -0.4 is 15.8 Å². The summed E-state index contributed by atoms with van der Waals surface area (Å²) < 4.78 is 28.1. The van der Waals surface area contributed by atoms with Gasteiger partial charge >= 0.3 is 11.1 Å². The van der Waals surface area contributed by atoms with Gasteiger partial charge in [-0.2, -0.15) is 0 Å². The Morgan fingerprint density at radius 1 is 0.839 bits per heavy atom. The number of nitrogens with zero attached hydrogens (tertiary/aromatic N) is 1. The van der Waals surface area contributed by atoms with E-state index in [0.29, 0.717) is 11.0 Å². The molecule has 0 spiro atoms. The molecule has 0 atom stereocenters. The number of rotatable bonds is 5. The van der Waals surface area contributed by atoms with Gasteiger partial charge in [-0.1, -0.05) is 54.6 Å². The van der Waals surface area contributed by atoms with E-state index >= 15 is 0 Å². The molecule has 4 aromatic rings. The van der Waals surface area contributed by atoms with Crippen LogP contribution in [-0.2, 0) is 21.4 Å². The largest absolute Gasteiger partial charge is 0.317 e. The molecule has 0 aliphatic heterocycles. The third-order valence-electron chi connectivity index (χ3n) is 4.70. The third kappa shape index (κ3) is 4.17. The molecule has 0 fully saturated rings. The summed E-state index contributed by atoms with van der Waals surface area (Å²) in [5, 5.41) is 0. The molecule has 1 heterocycles. The van der Waals surface area contributed by atoms with Crippen molar-refractivity contribution in [2.75, 3.05) is 0 Å². The van der Waals surface area contributed by atoms with Crippen LogP contribution in [0.1, 0.15) is 0 Å². The Kier molecular flexibility index (Phi) is 5.26. The summed E-state index contributed by atoms with van der Waals surface area (Å²) in [6.45, 7) is -0.620. The zero-order chi connectivity index (χ0) is 22.0. The van der Waals surface area contributed by atoms with Crippen LogP contribution in [0, 0.1) is 0 Å². The molecule has 4 rings (SSSR count). The number of benzene rings is 3. The molecule has 1 aromatic heterocycles. The molecule has 2 N–H and O–H groups in total. The molecule has 156 valence electrons. The van der Waals surface area contributed by atoms with E-state index in [1.165, 1.54) is 12.1 Å². The average Bonchev–Trinajstić information content (AvgIpc) is 2.77. The molecule has 3 aromatic carbocycles. The van der Waals surface area contributed by atoms with Crippen molar-refractivity contribution >= 4 is 27.0 Å². The standard InChI is InChI=1S/C22H17N3O5S/c26-20(14-25-19-9-5-4-8-18(19)23-21(27)22(25)28)24-31(29,30)17-12-10-16(11-13-17)15-6-2-1-3-7-15/h1-13H,14H2,(H,23,27)(H,24,26). The quantitative estimate of drug-likeness (QED) is 0.464. The molecule has 9 heteroatoms. The molecule has 1 amide bonds. The Morgan fingerprint density at radius 2 is 1.45 bits per heavy atom. The fourth-order valence-electron chi connectivity index (χ4n) is 3.22. The summed E-state index contributed by atoms with van der Waals surface area (Å²) in [6.07, 6.45) is 0. The van der Waals surface area contributed by atoms with E-state index in [-0.39, 0.29) is 4.90 Å². The number of hydrogen-bond donors (Lipinski definition) is 2. The van der Waals surface area contributed by atoms with E-state index < -0.39 is 33.6 Å². The zero-order valence-electron chi connectivity index (χ0n) is 16.1. The second-order valence-electron chi connectivity index (χ2n) is 6.78. The van der Waals surface area contributed by atoms with Gasteiger partial charge in [0.2, 0.25) is 0 Å². The predicted molar refractivity (Wildman–Crippen MR) is 116 cm³/mol. The Morgan fingerprint density at radius 3 is 2.16 bits per heavy atom. The van der Waals surface area contributed by atoms with Crippen LogP contribution in [0.3, 0.4) is 0 Å². The lowest BCUT2D eigenvalue weighted by Crippen LogP contribution is -2.41. The minimum atomic E-state index is -4.16. The number of carbonyl (C=O) groups is 1. The molecule has 8 nitrogen and oxygen atoms in total. The van der Waals surface area contributed by atoms with Crippen molar-refractivity contribution in [3.8, 4) is 11.1 Å². The number of hydrogen-bond acceptors (Lipinski definition) is 5. The highest BCUT2D eigenvalue weighted by atomic mass is 32.2. The fourth-order valence-corrected chi connectivity index (χ4v) is 4.20. The smallest absolute Gasteiger partial charge is 0.316 e. The lowest BCUT2D eigenvalue weighted by molar-refractivity contribution is -0.119. The summed E-state index contributed by atoms with van der Waals surface area (Å²) in [6, 6.07) is 21.9. The number of para-hydroxylation sites is 2. The number of amides is 1. The van der Waals surface area contributed by atoms with Crippen LogP contribution in [0.15, 0.2) is 93.3 Å². The second kappa shape index (κ2) is 8.04. The van der Waals surface area contributed by atoms with Gasteiger partial charge in [0, 0.05) is 0 Å². The Hall–Kier alpha value is -3.98. The van der Waals surface area contributed by atoms with Gasteiger partial charge in [-0.25, -0.2) is 13.1 Å². The van der Waals surface area contributed by atoms with Crippen molar-refractivity contribution in [3.63, 3.8) is 0 Å². The molecular formula is C22H17N3O5S. The number of carbonyl (C=O) groups excluding carboxylic acids is 1. The summed E-state index contributed by atoms with van der Waals surface area (Å²) in [5.41, 5.74) is 0.582. The minimum absolute atomic E-state index is 0.0938. The van der Waals surface area contributed by atoms with E-state index in [4.69, 9.17) is 0 Å². The molecule has 0 aliphatic rings. The highest BCUT2D eigenvalue weighted by Crippen LogP contribution is 2.21. The molecule has 0 aliphatic carbocycles. The van der Waals surface area contributed by atoms with Gasteiger partial charge in [-0.05, 0) is 35.4 Å². The summed E-state index contributed by atoms with van der Waals surface area (Å²) in [5.74, 6) is -0.940. The number of sulfonamides is 1. The normalized spacial score (nSPS) is 11.4. The van der Waals surface area contributed by atoms with Crippen LogP contribution in [0.4, 0.5) is 0 Å². The molecule has 31 heavy (non-hydrogen) atoms. The zero-order valence-corrected chi connectivity index (χ0v) is 16.9. The first-order chi connectivity index (χ1) is 14.8.